The Morgan fingerprint density at radius 3 is 3.07 bits per heavy atom. The van der Waals surface area contributed by atoms with Gasteiger partial charge in [0.1, 0.15) is 0 Å². The first-order valence-electron chi connectivity index (χ1n) is 5.11. The predicted octanol–water partition coefficient (Wildman–Crippen LogP) is 3.08. The van der Waals surface area contributed by atoms with Gasteiger partial charge in [0.25, 0.3) is 0 Å². The summed E-state index contributed by atoms with van der Waals surface area (Å²) in [6, 6.07) is 0. The Balaban J connectivity index is 2.41. The van der Waals surface area contributed by atoms with Crippen molar-refractivity contribution in [3.8, 4) is 12.3 Å². The summed E-state index contributed by atoms with van der Waals surface area (Å²) >= 11 is 0. The molecule has 1 aliphatic carbocycles. The molecule has 1 nitrogen and oxygen atoms in total. The molecule has 0 aliphatic heterocycles. The maximum atomic E-state index is 5.78. The van der Waals surface area contributed by atoms with Crippen molar-refractivity contribution < 1.29 is 4.74 Å². The van der Waals surface area contributed by atoms with Crippen LogP contribution in [0.15, 0.2) is 23.8 Å². The molecule has 0 bridgehead atoms. The quantitative estimate of drug-likeness (QED) is 0.491. The molecule has 0 aromatic carbocycles. The second kappa shape index (κ2) is 5.02. The first-order chi connectivity index (χ1) is 6.66. The van der Waals surface area contributed by atoms with Crippen molar-refractivity contribution in [2.75, 3.05) is 6.61 Å². The van der Waals surface area contributed by atoms with Gasteiger partial charge in [-0.05, 0) is 44.8 Å². The Morgan fingerprint density at radius 1 is 1.71 bits per heavy atom. The fraction of sp³-hybridized carbons (Fsp3) is 0.538. The normalized spacial score (nSPS) is 27.4. The number of hydrogen-bond donors (Lipinski definition) is 0. The van der Waals surface area contributed by atoms with Crippen molar-refractivity contribution in [1.82, 2.24) is 0 Å². The highest BCUT2D eigenvalue weighted by Gasteiger charge is 2.22. The second-order valence-corrected chi connectivity index (χ2v) is 3.95. The zero-order chi connectivity index (χ0) is 10.4. The van der Waals surface area contributed by atoms with Gasteiger partial charge in [0.2, 0.25) is 0 Å². The van der Waals surface area contributed by atoms with Crippen LogP contribution >= 0.6 is 0 Å². The maximum absolute atomic E-state index is 5.78. The minimum atomic E-state index is -0.0797. The Kier molecular flexibility index (Phi) is 3.98. The van der Waals surface area contributed by atoms with Crippen LogP contribution in [0.1, 0.15) is 33.1 Å². The van der Waals surface area contributed by atoms with E-state index in [0.717, 1.165) is 12.0 Å². The lowest BCUT2D eigenvalue weighted by atomic mass is 9.93. The van der Waals surface area contributed by atoms with E-state index in [-0.39, 0.29) is 5.60 Å². The van der Waals surface area contributed by atoms with Gasteiger partial charge in [0.15, 0.2) is 0 Å². The van der Waals surface area contributed by atoms with Gasteiger partial charge in [-0.1, -0.05) is 18.1 Å². The molecule has 1 aliphatic rings. The van der Waals surface area contributed by atoms with E-state index in [9.17, 15) is 0 Å². The SMILES string of the molecule is C#C/C(C)=C/COC1(C)C=CCCC1. The van der Waals surface area contributed by atoms with E-state index in [4.69, 9.17) is 11.2 Å². The van der Waals surface area contributed by atoms with E-state index in [1.54, 1.807) is 0 Å². The molecule has 0 saturated carbocycles. The van der Waals surface area contributed by atoms with E-state index < -0.39 is 0 Å². The molecule has 0 N–H and O–H groups in total. The van der Waals surface area contributed by atoms with Crippen LogP contribution in [-0.4, -0.2) is 12.2 Å². The molecule has 1 atom stereocenters. The van der Waals surface area contributed by atoms with Gasteiger partial charge in [-0.2, -0.15) is 0 Å². The van der Waals surface area contributed by atoms with Gasteiger partial charge in [0, 0.05) is 0 Å². The molecule has 14 heavy (non-hydrogen) atoms. The van der Waals surface area contributed by atoms with E-state index in [0.29, 0.717) is 6.61 Å². The van der Waals surface area contributed by atoms with Crippen molar-refractivity contribution >= 4 is 0 Å². The van der Waals surface area contributed by atoms with Crippen LogP contribution in [-0.2, 0) is 4.74 Å². The summed E-state index contributed by atoms with van der Waals surface area (Å²) in [6.07, 6.45) is 15.0. The Hall–Kier alpha value is -1.00. The van der Waals surface area contributed by atoms with Crippen molar-refractivity contribution in [3.05, 3.63) is 23.8 Å². The summed E-state index contributed by atoms with van der Waals surface area (Å²) in [5.74, 6) is 2.58. The lowest BCUT2D eigenvalue weighted by molar-refractivity contribution is 0.0122. The average Bonchev–Trinajstić information content (AvgIpc) is 2.18. The Labute approximate surface area is 86.8 Å². The van der Waals surface area contributed by atoms with E-state index in [1.807, 2.05) is 13.0 Å². The summed E-state index contributed by atoms with van der Waals surface area (Å²) in [4.78, 5) is 0. The predicted molar refractivity (Wildman–Crippen MR) is 59.9 cm³/mol. The van der Waals surface area contributed by atoms with Crippen LogP contribution < -0.4 is 0 Å². The molecule has 0 fully saturated rings. The van der Waals surface area contributed by atoms with Crippen molar-refractivity contribution in [2.45, 2.75) is 38.7 Å². The zero-order valence-electron chi connectivity index (χ0n) is 9.05. The van der Waals surface area contributed by atoms with Gasteiger partial charge in [-0.15, -0.1) is 6.42 Å². The third kappa shape index (κ3) is 3.40. The second-order valence-electron chi connectivity index (χ2n) is 3.95. The van der Waals surface area contributed by atoms with Crippen LogP contribution in [0.2, 0.25) is 0 Å². The molecule has 0 heterocycles. The summed E-state index contributed by atoms with van der Waals surface area (Å²) in [5.41, 5.74) is 0.859. The fourth-order valence-electron chi connectivity index (χ4n) is 1.52. The van der Waals surface area contributed by atoms with Crippen molar-refractivity contribution in [1.29, 1.82) is 0 Å². The standard InChI is InChI=1S/C13H18O/c1-4-12(2)8-11-14-13(3)9-6-5-7-10-13/h1,6,8-9H,5,7,10-11H2,2-3H3/b12-8+. The first kappa shape index (κ1) is 11.1. The highest BCUT2D eigenvalue weighted by atomic mass is 16.5. The third-order valence-corrected chi connectivity index (χ3v) is 2.54. The summed E-state index contributed by atoms with van der Waals surface area (Å²) in [6.45, 7) is 4.65. The van der Waals surface area contributed by atoms with Crippen LogP contribution in [0.5, 0.6) is 0 Å². The van der Waals surface area contributed by atoms with Gasteiger partial charge in [0.05, 0.1) is 12.2 Å². The number of hydrogen-bond acceptors (Lipinski definition) is 1. The third-order valence-electron chi connectivity index (χ3n) is 2.54. The van der Waals surface area contributed by atoms with E-state index >= 15 is 0 Å². The summed E-state index contributed by atoms with van der Waals surface area (Å²) < 4.78 is 5.78. The van der Waals surface area contributed by atoms with Gasteiger partial charge in [-0.3, -0.25) is 0 Å². The van der Waals surface area contributed by atoms with Gasteiger partial charge < -0.3 is 4.74 Å². The molecule has 1 rings (SSSR count). The monoisotopic (exact) mass is 190 g/mol. The summed E-state index contributed by atoms with van der Waals surface area (Å²) in [7, 11) is 0. The molecule has 0 aromatic rings. The van der Waals surface area contributed by atoms with Crippen LogP contribution in [0.4, 0.5) is 0 Å². The summed E-state index contributed by atoms with van der Waals surface area (Å²) in [5, 5.41) is 0. The molecule has 0 saturated heterocycles. The zero-order valence-corrected chi connectivity index (χ0v) is 9.05. The first-order valence-corrected chi connectivity index (χ1v) is 5.11. The minimum absolute atomic E-state index is 0.0797. The van der Waals surface area contributed by atoms with Crippen LogP contribution in [0.3, 0.4) is 0 Å². The minimum Gasteiger partial charge on any atom is -0.367 e. The molecular weight excluding hydrogens is 172 g/mol. The molecule has 0 amide bonds. The molecule has 0 aromatic heterocycles. The molecule has 1 unspecified atom stereocenters. The highest BCUT2D eigenvalue weighted by molar-refractivity contribution is 5.22. The van der Waals surface area contributed by atoms with Gasteiger partial charge >= 0.3 is 0 Å². The smallest absolute Gasteiger partial charge is 0.0838 e. The van der Waals surface area contributed by atoms with Crippen molar-refractivity contribution in [2.24, 2.45) is 0 Å². The number of rotatable bonds is 3. The Morgan fingerprint density at radius 2 is 2.50 bits per heavy atom. The number of terminal acetylenes is 1. The molecule has 0 spiro atoms. The van der Waals surface area contributed by atoms with E-state index in [2.05, 4.69) is 25.0 Å². The molecule has 76 valence electrons. The topological polar surface area (TPSA) is 9.23 Å². The average molecular weight is 190 g/mol. The van der Waals surface area contributed by atoms with Crippen molar-refractivity contribution in [3.63, 3.8) is 0 Å². The largest absolute Gasteiger partial charge is 0.367 e. The molecule has 1 heteroatoms. The highest BCUT2D eigenvalue weighted by Crippen LogP contribution is 2.25. The van der Waals surface area contributed by atoms with E-state index in [1.165, 1.54) is 12.8 Å². The van der Waals surface area contributed by atoms with Crippen LogP contribution in [0.25, 0.3) is 0 Å². The lowest BCUT2D eigenvalue weighted by Gasteiger charge is -2.28. The lowest BCUT2D eigenvalue weighted by Crippen LogP contribution is -2.27. The maximum Gasteiger partial charge on any atom is 0.0838 e. The molecular formula is C13H18O. The number of ether oxygens (including phenoxy) is 1. The number of allylic oxidation sites excluding steroid dienone is 2. The Bertz CT molecular complexity index is 280. The fourth-order valence-corrected chi connectivity index (χ4v) is 1.52. The molecule has 0 radical (unpaired) electrons. The van der Waals surface area contributed by atoms with Crippen LogP contribution in [0, 0.1) is 12.3 Å². The van der Waals surface area contributed by atoms with Gasteiger partial charge in [-0.25, -0.2) is 0 Å².